The third kappa shape index (κ3) is 4.66. The smallest absolute Gasteiger partial charge is 0.254 e. The Morgan fingerprint density at radius 1 is 1.41 bits per heavy atom. The van der Waals surface area contributed by atoms with Crippen LogP contribution in [0.3, 0.4) is 0 Å². The summed E-state index contributed by atoms with van der Waals surface area (Å²) in [4.78, 5) is 11.5. The average molecular weight is 265 g/mol. The van der Waals surface area contributed by atoms with Crippen molar-refractivity contribution in [2.45, 2.75) is 19.4 Å². The van der Waals surface area contributed by atoms with Crippen molar-refractivity contribution in [1.82, 2.24) is 5.32 Å². The Morgan fingerprint density at radius 3 is 2.53 bits per heavy atom. The highest BCUT2D eigenvalue weighted by Crippen LogP contribution is 2.11. The molecule has 0 bridgehead atoms. The number of amides is 1. The molecule has 1 rings (SSSR count). The summed E-state index contributed by atoms with van der Waals surface area (Å²) in [5.74, 6) is -2.86. The zero-order chi connectivity index (χ0) is 12.3. The number of hydrogen-bond acceptors (Lipinski definition) is 2. The van der Waals surface area contributed by atoms with Crippen LogP contribution in [0, 0.1) is 11.6 Å². The van der Waals surface area contributed by atoms with Gasteiger partial charge in [0, 0.05) is 12.1 Å². The molecule has 0 unspecified atom stereocenters. The lowest BCUT2D eigenvalue weighted by molar-refractivity contribution is 0.0941. The standard InChI is InChI=1S/C11H14F2N2O.ClH/c1-11(2,14)6-15-10(16)7-4-3-5-8(12)9(7)13;/h3-5H,6,14H2,1-2H3,(H,15,16);1H. The summed E-state index contributed by atoms with van der Waals surface area (Å²) >= 11 is 0. The molecule has 0 saturated carbocycles. The molecule has 0 fully saturated rings. The van der Waals surface area contributed by atoms with Crippen LogP contribution in [-0.4, -0.2) is 18.0 Å². The van der Waals surface area contributed by atoms with Crippen LogP contribution in [0.25, 0.3) is 0 Å². The van der Waals surface area contributed by atoms with Gasteiger partial charge < -0.3 is 11.1 Å². The summed E-state index contributed by atoms with van der Waals surface area (Å²) in [6, 6.07) is 3.46. The van der Waals surface area contributed by atoms with Crippen molar-refractivity contribution in [3.05, 3.63) is 35.4 Å². The molecular weight excluding hydrogens is 250 g/mol. The molecule has 96 valence electrons. The van der Waals surface area contributed by atoms with Gasteiger partial charge in [0.05, 0.1) is 5.56 Å². The van der Waals surface area contributed by atoms with Gasteiger partial charge in [-0.25, -0.2) is 8.78 Å². The Kier molecular flexibility index (Phi) is 5.51. The molecule has 3 nitrogen and oxygen atoms in total. The minimum atomic E-state index is -1.14. The Balaban J connectivity index is 0.00000256. The Bertz CT molecular complexity index is 405. The van der Waals surface area contributed by atoms with Crippen LogP contribution in [0.5, 0.6) is 0 Å². The summed E-state index contributed by atoms with van der Waals surface area (Å²) in [6.45, 7) is 3.62. The van der Waals surface area contributed by atoms with Gasteiger partial charge in [-0.2, -0.15) is 0 Å². The fraction of sp³-hybridized carbons (Fsp3) is 0.364. The SMILES string of the molecule is CC(C)(N)CNC(=O)c1cccc(F)c1F.Cl. The summed E-state index contributed by atoms with van der Waals surface area (Å²) in [7, 11) is 0. The highest BCUT2D eigenvalue weighted by Gasteiger charge is 2.17. The highest BCUT2D eigenvalue weighted by molar-refractivity contribution is 5.94. The van der Waals surface area contributed by atoms with Crippen LogP contribution in [0.15, 0.2) is 18.2 Å². The Labute approximate surface area is 105 Å². The molecule has 3 N–H and O–H groups in total. The monoisotopic (exact) mass is 264 g/mol. The predicted octanol–water partition coefficient (Wildman–Crippen LogP) is 1.85. The molecule has 0 aromatic heterocycles. The molecule has 17 heavy (non-hydrogen) atoms. The van der Waals surface area contributed by atoms with Crippen LogP contribution in [-0.2, 0) is 0 Å². The quantitative estimate of drug-likeness (QED) is 0.875. The molecule has 0 aliphatic rings. The normalized spacial score (nSPS) is 10.6. The number of halogens is 3. The first kappa shape index (κ1) is 15.8. The van der Waals surface area contributed by atoms with Crippen LogP contribution in [0.2, 0.25) is 0 Å². The zero-order valence-corrected chi connectivity index (χ0v) is 10.4. The third-order valence-corrected chi connectivity index (χ3v) is 1.90. The van der Waals surface area contributed by atoms with Gasteiger partial charge in [0.2, 0.25) is 0 Å². The number of hydrogen-bond donors (Lipinski definition) is 2. The van der Waals surface area contributed by atoms with Crippen molar-refractivity contribution in [3.8, 4) is 0 Å². The third-order valence-electron chi connectivity index (χ3n) is 1.90. The summed E-state index contributed by atoms with van der Waals surface area (Å²) in [5.41, 5.74) is 4.73. The topological polar surface area (TPSA) is 55.1 Å². The molecule has 1 aromatic rings. The number of rotatable bonds is 3. The molecule has 0 aliphatic carbocycles. The second-order valence-corrected chi connectivity index (χ2v) is 4.27. The number of carbonyl (C=O) groups excluding carboxylic acids is 1. The lowest BCUT2D eigenvalue weighted by Crippen LogP contribution is -2.45. The van der Waals surface area contributed by atoms with E-state index in [9.17, 15) is 13.6 Å². The molecule has 0 atom stereocenters. The molecule has 0 radical (unpaired) electrons. The van der Waals surface area contributed by atoms with Crippen LogP contribution in [0.4, 0.5) is 8.78 Å². The molecule has 0 heterocycles. The second-order valence-electron chi connectivity index (χ2n) is 4.27. The van der Waals surface area contributed by atoms with Gasteiger partial charge >= 0.3 is 0 Å². The van der Waals surface area contributed by atoms with E-state index in [0.717, 1.165) is 6.07 Å². The summed E-state index contributed by atoms with van der Waals surface area (Å²) in [6.07, 6.45) is 0. The van der Waals surface area contributed by atoms with Crippen molar-refractivity contribution in [3.63, 3.8) is 0 Å². The van der Waals surface area contributed by atoms with Gasteiger partial charge in [-0.1, -0.05) is 6.07 Å². The number of benzene rings is 1. The largest absolute Gasteiger partial charge is 0.350 e. The highest BCUT2D eigenvalue weighted by atomic mass is 35.5. The van der Waals surface area contributed by atoms with E-state index in [1.54, 1.807) is 13.8 Å². The van der Waals surface area contributed by atoms with E-state index in [2.05, 4.69) is 5.32 Å². The first-order valence-electron chi connectivity index (χ1n) is 4.82. The maximum absolute atomic E-state index is 13.2. The van der Waals surface area contributed by atoms with Crippen molar-refractivity contribution in [2.24, 2.45) is 5.73 Å². The van der Waals surface area contributed by atoms with E-state index in [1.807, 2.05) is 0 Å². The molecule has 1 amide bonds. The number of nitrogens with one attached hydrogen (secondary N) is 1. The molecule has 6 heteroatoms. The van der Waals surface area contributed by atoms with E-state index in [-0.39, 0.29) is 24.5 Å². The molecule has 0 spiro atoms. The Hall–Kier alpha value is -1.20. The van der Waals surface area contributed by atoms with Gasteiger partial charge in [0.25, 0.3) is 5.91 Å². The summed E-state index contributed by atoms with van der Waals surface area (Å²) in [5, 5.41) is 2.44. The van der Waals surface area contributed by atoms with E-state index >= 15 is 0 Å². The zero-order valence-electron chi connectivity index (χ0n) is 9.59. The fourth-order valence-electron chi connectivity index (χ4n) is 1.08. The van der Waals surface area contributed by atoms with Crippen LogP contribution < -0.4 is 11.1 Å². The van der Waals surface area contributed by atoms with E-state index in [1.165, 1.54) is 12.1 Å². The van der Waals surface area contributed by atoms with Crippen LogP contribution in [0.1, 0.15) is 24.2 Å². The van der Waals surface area contributed by atoms with Gasteiger partial charge in [-0.15, -0.1) is 12.4 Å². The molecular formula is C11H15ClF2N2O. The fourth-order valence-corrected chi connectivity index (χ4v) is 1.08. The van der Waals surface area contributed by atoms with Crippen molar-refractivity contribution >= 4 is 18.3 Å². The second kappa shape index (κ2) is 5.93. The van der Waals surface area contributed by atoms with Crippen molar-refractivity contribution in [2.75, 3.05) is 6.54 Å². The van der Waals surface area contributed by atoms with Gasteiger partial charge in [0.1, 0.15) is 0 Å². The van der Waals surface area contributed by atoms with E-state index in [4.69, 9.17) is 5.73 Å². The molecule has 1 aromatic carbocycles. The summed E-state index contributed by atoms with van der Waals surface area (Å²) < 4.78 is 26.0. The number of nitrogens with two attached hydrogens (primary N) is 1. The van der Waals surface area contributed by atoms with Gasteiger partial charge in [0.15, 0.2) is 11.6 Å². The predicted molar refractivity (Wildman–Crippen MR) is 64.2 cm³/mol. The van der Waals surface area contributed by atoms with Crippen molar-refractivity contribution < 1.29 is 13.6 Å². The first-order valence-corrected chi connectivity index (χ1v) is 4.82. The van der Waals surface area contributed by atoms with Gasteiger partial charge in [-0.05, 0) is 26.0 Å². The number of carbonyl (C=O) groups is 1. The van der Waals surface area contributed by atoms with E-state index in [0.29, 0.717) is 0 Å². The van der Waals surface area contributed by atoms with Gasteiger partial charge in [-0.3, -0.25) is 4.79 Å². The lowest BCUT2D eigenvalue weighted by atomic mass is 10.1. The first-order chi connectivity index (χ1) is 7.31. The lowest BCUT2D eigenvalue weighted by Gasteiger charge is -2.18. The van der Waals surface area contributed by atoms with E-state index < -0.39 is 23.1 Å². The molecule has 0 aliphatic heterocycles. The Morgan fingerprint density at radius 2 is 2.00 bits per heavy atom. The molecule has 0 saturated heterocycles. The van der Waals surface area contributed by atoms with Crippen molar-refractivity contribution in [1.29, 1.82) is 0 Å². The average Bonchev–Trinajstić information content (AvgIpc) is 2.17. The van der Waals surface area contributed by atoms with Crippen LogP contribution >= 0.6 is 12.4 Å². The minimum absolute atomic E-state index is 0. The maximum Gasteiger partial charge on any atom is 0.254 e. The minimum Gasteiger partial charge on any atom is -0.350 e. The maximum atomic E-state index is 13.2.